The summed E-state index contributed by atoms with van der Waals surface area (Å²) >= 11 is 0. The van der Waals surface area contributed by atoms with E-state index in [0.717, 1.165) is 0 Å². The smallest absolute Gasteiger partial charge is 0.328 e. The van der Waals surface area contributed by atoms with Gasteiger partial charge in [-0.1, -0.05) is 13.8 Å². The molecule has 4 heteroatoms. The van der Waals surface area contributed by atoms with Crippen molar-refractivity contribution in [3.63, 3.8) is 0 Å². The van der Waals surface area contributed by atoms with E-state index in [0.29, 0.717) is 0 Å². The van der Waals surface area contributed by atoms with Crippen molar-refractivity contribution in [3.05, 3.63) is 0 Å². The summed E-state index contributed by atoms with van der Waals surface area (Å²) in [5.74, 6) is 0. The highest BCUT2D eigenvalue weighted by Crippen LogP contribution is 1.90. The molecule has 2 nitrogen and oxygen atoms in total. The number of nitrogens with two attached hydrogens (primary N) is 1. The van der Waals surface area contributed by atoms with Gasteiger partial charge in [0.2, 0.25) is 0 Å². The van der Waals surface area contributed by atoms with Crippen molar-refractivity contribution in [3.8, 4) is 0 Å². The molecule has 0 aliphatic heterocycles. The summed E-state index contributed by atoms with van der Waals surface area (Å²) in [7, 11) is 0. The van der Waals surface area contributed by atoms with Crippen molar-refractivity contribution in [2.75, 3.05) is 13.2 Å². The molecule has 0 saturated heterocycles. The van der Waals surface area contributed by atoms with Crippen LogP contribution in [0.1, 0.15) is 13.8 Å². The molecule has 0 fully saturated rings. The molecule has 0 saturated carbocycles. The van der Waals surface area contributed by atoms with E-state index in [9.17, 15) is 8.78 Å². The highest BCUT2D eigenvalue weighted by atomic mass is 19.3. The van der Waals surface area contributed by atoms with Gasteiger partial charge in [-0.15, -0.1) is 0 Å². The number of halogens is 2. The number of hydrogen-bond donors (Lipinski definition) is 1. The second-order valence-corrected chi connectivity index (χ2v) is 0.920. The molecule has 0 aliphatic rings. The summed E-state index contributed by atoms with van der Waals surface area (Å²) in [5.41, 5.74) is 4.82. The maximum Gasteiger partial charge on any atom is 0.345 e. The molecule has 0 spiro atoms. The third-order valence-electron chi connectivity index (χ3n) is 0.362. The summed E-state index contributed by atoms with van der Waals surface area (Å²) < 4.78 is 25.6. The van der Waals surface area contributed by atoms with E-state index in [-0.39, 0.29) is 13.2 Å². The van der Waals surface area contributed by atoms with Gasteiger partial charge in [-0.05, 0) is 0 Å². The molecule has 2 N–H and O–H groups in total. The third-order valence-corrected chi connectivity index (χ3v) is 0.362. The van der Waals surface area contributed by atoms with Gasteiger partial charge in [0.15, 0.2) is 0 Å². The first kappa shape index (κ1) is 11.6. The first-order valence-electron chi connectivity index (χ1n) is 2.87. The Hall–Kier alpha value is -0.220. The van der Waals surface area contributed by atoms with E-state index in [1.54, 1.807) is 0 Å². The van der Waals surface area contributed by atoms with Crippen molar-refractivity contribution in [2.45, 2.75) is 20.5 Å². The Morgan fingerprint density at radius 1 is 1.44 bits per heavy atom. The van der Waals surface area contributed by atoms with Crippen LogP contribution in [0.25, 0.3) is 0 Å². The number of alkyl halides is 2. The first-order chi connectivity index (χ1) is 4.27. The van der Waals surface area contributed by atoms with Crippen LogP contribution in [-0.2, 0) is 4.74 Å². The van der Waals surface area contributed by atoms with Gasteiger partial charge in [0.05, 0.1) is 6.61 Å². The molecular weight excluding hydrogens is 128 g/mol. The Balaban J connectivity index is 0. The number of rotatable bonds is 3. The molecule has 0 heterocycles. The fourth-order valence-corrected chi connectivity index (χ4v) is 0.157. The molecule has 0 rings (SSSR count). The van der Waals surface area contributed by atoms with Gasteiger partial charge < -0.3 is 10.5 Å². The quantitative estimate of drug-likeness (QED) is 0.641. The summed E-state index contributed by atoms with van der Waals surface area (Å²) in [6.45, 7) is 1.39. The van der Waals surface area contributed by atoms with Gasteiger partial charge in [0, 0.05) is 6.54 Å². The summed E-state index contributed by atoms with van der Waals surface area (Å²) in [4.78, 5) is 0. The third kappa shape index (κ3) is 18.2. The van der Waals surface area contributed by atoms with Crippen LogP contribution in [0.3, 0.4) is 0 Å². The maximum absolute atomic E-state index is 10.9. The fraction of sp³-hybridized carbons (Fsp3) is 1.00. The lowest BCUT2D eigenvalue weighted by molar-refractivity contribution is -0.126. The van der Waals surface area contributed by atoms with E-state index in [1.165, 1.54) is 0 Å². The minimum atomic E-state index is -2.68. The number of hydrogen-bond acceptors (Lipinski definition) is 2. The monoisotopic (exact) mass is 141 g/mol. The number of ether oxygens (including phenoxy) is 1. The van der Waals surface area contributed by atoms with Crippen LogP contribution >= 0.6 is 0 Å². The van der Waals surface area contributed by atoms with Crippen molar-refractivity contribution < 1.29 is 13.5 Å². The summed E-state index contributed by atoms with van der Waals surface area (Å²) in [6.07, 6.45) is 0. The SMILES string of the molecule is CC.NCCOC(F)F. The van der Waals surface area contributed by atoms with E-state index >= 15 is 0 Å². The second-order valence-electron chi connectivity index (χ2n) is 0.920. The minimum Gasteiger partial charge on any atom is -0.328 e. The minimum absolute atomic E-state index is 0.0718. The van der Waals surface area contributed by atoms with Crippen molar-refractivity contribution >= 4 is 0 Å². The topological polar surface area (TPSA) is 35.2 Å². The first-order valence-corrected chi connectivity index (χ1v) is 2.87. The zero-order valence-corrected chi connectivity index (χ0v) is 5.73. The van der Waals surface area contributed by atoms with E-state index < -0.39 is 6.61 Å². The molecule has 0 aromatic carbocycles. The maximum atomic E-state index is 10.9. The molecule has 0 aliphatic carbocycles. The summed E-state index contributed by atoms with van der Waals surface area (Å²) in [5, 5.41) is 0. The molecule has 0 aromatic rings. The van der Waals surface area contributed by atoms with E-state index in [4.69, 9.17) is 5.73 Å². The fourth-order valence-electron chi connectivity index (χ4n) is 0.157. The Morgan fingerprint density at radius 3 is 2.00 bits per heavy atom. The zero-order chi connectivity index (χ0) is 7.70. The van der Waals surface area contributed by atoms with Gasteiger partial charge in [-0.2, -0.15) is 8.78 Å². The predicted octanol–water partition coefficient (Wildman–Crippen LogP) is 1.21. The van der Waals surface area contributed by atoms with Gasteiger partial charge in [-0.25, -0.2) is 0 Å². The summed E-state index contributed by atoms with van der Waals surface area (Å²) in [6, 6.07) is 0. The zero-order valence-electron chi connectivity index (χ0n) is 5.73. The Bertz CT molecular complexity index is 43.9. The van der Waals surface area contributed by atoms with Crippen molar-refractivity contribution in [1.29, 1.82) is 0 Å². The lowest BCUT2D eigenvalue weighted by atomic mass is 10.7. The van der Waals surface area contributed by atoms with Crippen LogP contribution in [0, 0.1) is 0 Å². The molecule has 0 aromatic heterocycles. The highest BCUT2D eigenvalue weighted by Gasteiger charge is 1.96. The van der Waals surface area contributed by atoms with Crippen LogP contribution in [0.4, 0.5) is 8.78 Å². The van der Waals surface area contributed by atoms with Gasteiger partial charge >= 0.3 is 6.61 Å². The standard InChI is InChI=1S/C3H7F2NO.C2H6/c4-3(5)7-2-1-6;1-2/h3H,1-2,6H2;1-2H3. The molecule has 9 heavy (non-hydrogen) atoms. The Labute approximate surface area is 54.0 Å². The molecular formula is C5H13F2NO. The molecule has 0 bridgehead atoms. The second kappa shape index (κ2) is 10.7. The lowest BCUT2D eigenvalue weighted by Crippen LogP contribution is -2.10. The molecule has 0 atom stereocenters. The molecule has 58 valence electrons. The molecule has 0 radical (unpaired) electrons. The van der Waals surface area contributed by atoms with Crippen molar-refractivity contribution in [1.82, 2.24) is 0 Å². The van der Waals surface area contributed by atoms with E-state index in [1.807, 2.05) is 13.8 Å². The van der Waals surface area contributed by atoms with Crippen LogP contribution in [0.2, 0.25) is 0 Å². The van der Waals surface area contributed by atoms with E-state index in [2.05, 4.69) is 4.74 Å². The average molecular weight is 141 g/mol. The highest BCUT2D eigenvalue weighted by molar-refractivity contribution is 4.25. The van der Waals surface area contributed by atoms with Crippen molar-refractivity contribution in [2.24, 2.45) is 5.73 Å². The van der Waals surface area contributed by atoms with Gasteiger partial charge in [0.1, 0.15) is 0 Å². The Kier molecular flexibility index (Phi) is 13.8. The van der Waals surface area contributed by atoms with Gasteiger partial charge in [-0.3, -0.25) is 0 Å². The predicted molar refractivity (Wildman–Crippen MR) is 32.4 cm³/mol. The Morgan fingerprint density at radius 2 is 1.89 bits per heavy atom. The van der Waals surface area contributed by atoms with Crippen LogP contribution in [0.5, 0.6) is 0 Å². The van der Waals surface area contributed by atoms with Crippen LogP contribution in [0.15, 0.2) is 0 Å². The molecule has 0 amide bonds. The largest absolute Gasteiger partial charge is 0.345 e. The average Bonchev–Trinajstić information content (AvgIpc) is 1.88. The molecule has 0 unspecified atom stereocenters. The van der Waals surface area contributed by atoms with Gasteiger partial charge in [0.25, 0.3) is 0 Å². The van der Waals surface area contributed by atoms with Crippen LogP contribution < -0.4 is 5.73 Å². The lowest BCUT2D eigenvalue weighted by Gasteiger charge is -1.95. The normalized spacial score (nSPS) is 8.67. The van der Waals surface area contributed by atoms with Crippen LogP contribution in [-0.4, -0.2) is 19.8 Å².